The minimum absolute atomic E-state index is 0. The summed E-state index contributed by atoms with van der Waals surface area (Å²) < 4.78 is 0. The van der Waals surface area contributed by atoms with Crippen LogP contribution >= 0.6 is 0 Å². The van der Waals surface area contributed by atoms with Gasteiger partial charge in [-0.3, -0.25) is 14.4 Å². The van der Waals surface area contributed by atoms with Crippen molar-refractivity contribution in [2.75, 3.05) is 0 Å². The molecule has 2 rings (SSSR count). The van der Waals surface area contributed by atoms with E-state index in [9.17, 15) is 14.4 Å². The van der Waals surface area contributed by atoms with Crippen LogP contribution in [0, 0.1) is 23.2 Å². The number of urea groups is 1. The number of nitrogens with one attached hydrogen (secondary N) is 1. The van der Waals surface area contributed by atoms with E-state index >= 15 is 0 Å². The Hall–Kier alpha value is -0.390. The van der Waals surface area contributed by atoms with Crippen LogP contribution in [0.15, 0.2) is 0 Å². The zero-order valence-electron chi connectivity index (χ0n) is 11.3. The van der Waals surface area contributed by atoms with Gasteiger partial charge in [0.05, 0.1) is 5.41 Å². The topological polar surface area (TPSA) is 77.3 Å². The summed E-state index contributed by atoms with van der Waals surface area (Å²) in [7, 11) is 0. The number of rotatable bonds is 1. The monoisotopic (exact) mass is 260 g/mol. The summed E-state index contributed by atoms with van der Waals surface area (Å²) in [6, 6.07) is -0.827. The van der Waals surface area contributed by atoms with Crippen molar-refractivity contribution >= 4 is 17.8 Å². The van der Waals surface area contributed by atoms with Crippen molar-refractivity contribution in [2.24, 2.45) is 23.2 Å². The number of amides is 4. The predicted octanol–water partition coefficient (Wildman–Crippen LogP) is -1.17. The summed E-state index contributed by atoms with van der Waals surface area (Å²) in [5, 5.41) is 5.63. The summed E-state index contributed by atoms with van der Waals surface area (Å²) in [6.45, 7) is 5.91. The number of nitrogens with zero attached hydrogens (tertiary/aromatic N) is 1. The van der Waals surface area contributed by atoms with Crippen LogP contribution in [0.3, 0.4) is 0 Å². The molecule has 0 aromatic rings. The average molecular weight is 260 g/mol. The molecule has 6 heteroatoms. The van der Waals surface area contributed by atoms with E-state index in [1.807, 2.05) is 20.8 Å². The van der Waals surface area contributed by atoms with Crippen LogP contribution in [0.2, 0.25) is 0 Å². The second kappa shape index (κ2) is 5.31. The van der Waals surface area contributed by atoms with Gasteiger partial charge in [0.2, 0.25) is 0 Å². The third kappa shape index (κ3) is 1.92. The van der Waals surface area contributed by atoms with Crippen molar-refractivity contribution in [1.29, 1.82) is 0 Å². The molecule has 1 N–H and O–H groups in total. The molecule has 1 heterocycles. The number of carbonyl (C=O) groups excluding carboxylic acids is 3. The summed E-state index contributed by atoms with van der Waals surface area (Å²) in [6.07, 6.45) is 1.58. The van der Waals surface area contributed by atoms with Crippen LogP contribution in [0.4, 0.5) is 4.79 Å². The van der Waals surface area contributed by atoms with Crippen molar-refractivity contribution in [3.05, 3.63) is 5.32 Å². The van der Waals surface area contributed by atoms with Crippen LogP contribution in [-0.4, -0.2) is 17.8 Å². The first kappa shape index (κ1) is 15.7. The first-order chi connectivity index (χ1) is 7.94. The van der Waals surface area contributed by atoms with Crippen LogP contribution in [-0.2, 0) is 9.59 Å². The molecule has 1 saturated heterocycles. The van der Waals surface area contributed by atoms with Gasteiger partial charge in [0.25, 0.3) is 0 Å². The Morgan fingerprint density at radius 2 is 1.94 bits per heavy atom. The van der Waals surface area contributed by atoms with Crippen molar-refractivity contribution in [3.8, 4) is 0 Å². The van der Waals surface area contributed by atoms with E-state index in [2.05, 4.69) is 10.6 Å². The van der Waals surface area contributed by atoms with Gasteiger partial charge < -0.3 is 10.6 Å². The van der Waals surface area contributed by atoms with Gasteiger partial charge in [-0.15, -0.1) is 0 Å². The Bertz CT molecular complexity index is 377. The molecule has 94 valence electrons. The molecule has 2 aliphatic rings. The maximum atomic E-state index is 12.2. The first-order valence-corrected chi connectivity index (χ1v) is 6.06. The fourth-order valence-electron chi connectivity index (χ4n) is 3.42. The van der Waals surface area contributed by atoms with Gasteiger partial charge in [0, 0.05) is 0 Å². The molecule has 4 atom stereocenters. The van der Waals surface area contributed by atoms with E-state index in [1.54, 1.807) is 0 Å². The largest absolute Gasteiger partial charge is 1.00 e. The second-order valence-electron chi connectivity index (χ2n) is 5.15. The van der Waals surface area contributed by atoms with Gasteiger partial charge in [-0.2, -0.15) is 0 Å². The van der Waals surface area contributed by atoms with Gasteiger partial charge in [0.15, 0.2) is 17.8 Å². The molecule has 2 fully saturated rings. The molecular formula is C12H17N2NaO3. The number of barbiturate groups is 1. The third-order valence-corrected chi connectivity index (χ3v) is 4.52. The Kier molecular flexibility index (Phi) is 4.62. The maximum Gasteiger partial charge on any atom is 1.00 e. The van der Waals surface area contributed by atoms with E-state index in [0.717, 1.165) is 12.8 Å². The minimum atomic E-state index is -1.11. The molecule has 1 aliphatic carbocycles. The molecule has 0 radical (unpaired) electrons. The normalized spacial score (nSPS) is 39.3. The maximum absolute atomic E-state index is 12.2. The molecule has 0 bridgehead atoms. The third-order valence-electron chi connectivity index (χ3n) is 4.52. The smallest absolute Gasteiger partial charge is 0.394 e. The first-order valence-electron chi connectivity index (χ1n) is 6.06. The van der Waals surface area contributed by atoms with E-state index in [4.69, 9.17) is 0 Å². The molecule has 1 aliphatic heterocycles. The number of hydrogen-bond acceptors (Lipinski definition) is 3. The van der Waals surface area contributed by atoms with E-state index in [-0.39, 0.29) is 47.3 Å². The molecule has 18 heavy (non-hydrogen) atoms. The number of hydrogen-bond donors (Lipinski definition) is 1. The van der Waals surface area contributed by atoms with E-state index in [0.29, 0.717) is 0 Å². The number of imide groups is 2. The molecule has 0 aromatic carbocycles. The fourth-order valence-corrected chi connectivity index (χ4v) is 3.42. The minimum Gasteiger partial charge on any atom is -0.394 e. The van der Waals surface area contributed by atoms with Gasteiger partial charge in [0.1, 0.15) is 0 Å². The SMILES string of the molecule is CCC1CC(C)C(C)C12C(=O)[N-]C(=O)NC2=O.[Na+]. The molecule has 4 unspecified atom stereocenters. The van der Waals surface area contributed by atoms with Crippen molar-refractivity contribution in [3.63, 3.8) is 0 Å². The van der Waals surface area contributed by atoms with Crippen molar-refractivity contribution in [2.45, 2.75) is 33.6 Å². The predicted molar refractivity (Wildman–Crippen MR) is 61.1 cm³/mol. The fraction of sp³-hybridized carbons (Fsp3) is 0.750. The Balaban J connectivity index is 0.00000162. The zero-order valence-corrected chi connectivity index (χ0v) is 13.3. The van der Waals surface area contributed by atoms with Gasteiger partial charge in [-0.1, -0.05) is 27.2 Å². The van der Waals surface area contributed by atoms with Crippen LogP contribution in [0.1, 0.15) is 33.6 Å². The van der Waals surface area contributed by atoms with Gasteiger partial charge in [-0.05, 0) is 24.2 Å². The van der Waals surface area contributed by atoms with Crippen LogP contribution in [0.25, 0.3) is 5.32 Å². The van der Waals surface area contributed by atoms with Gasteiger partial charge >= 0.3 is 29.6 Å². The zero-order chi connectivity index (χ0) is 12.8. The summed E-state index contributed by atoms with van der Waals surface area (Å²) in [4.78, 5) is 35.4. The summed E-state index contributed by atoms with van der Waals surface area (Å²) in [5.74, 6) is -0.798. The molecule has 0 aromatic heterocycles. The standard InChI is InChI=1S/C12H18N2O3.Na/c1-4-8-5-6(2)7(3)12(8)9(15)13-11(17)14-10(12)16;/h6-8H,4-5H2,1-3H3,(H2,13,14,15,16,17);/q;+1/p-1. The summed E-state index contributed by atoms with van der Waals surface area (Å²) >= 11 is 0. The quantitative estimate of drug-likeness (QED) is 0.476. The van der Waals surface area contributed by atoms with Crippen LogP contribution < -0.4 is 34.9 Å². The second-order valence-corrected chi connectivity index (χ2v) is 5.15. The van der Waals surface area contributed by atoms with Gasteiger partial charge in [-0.25, -0.2) is 0 Å². The molecule has 4 amide bonds. The van der Waals surface area contributed by atoms with E-state index in [1.165, 1.54) is 0 Å². The Morgan fingerprint density at radius 3 is 2.44 bits per heavy atom. The number of carbonyl (C=O) groups is 3. The Morgan fingerprint density at radius 1 is 1.33 bits per heavy atom. The van der Waals surface area contributed by atoms with Crippen molar-refractivity contribution in [1.82, 2.24) is 5.32 Å². The molecule has 1 spiro atoms. The van der Waals surface area contributed by atoms with Crippen molar-refractivity contribution < 1.29 is 43.9 Å². The average Bonchev–Trinajstić information content (AvgIpc) is 2.50. The van der Waals surface area contributed by atoms with E-state index < -0.39 is 23.3 Å². The summed E-state index contributed by atoms with van der Waals surface area (Å²) in [5.41, 5.74) is -1.11. The Labute approximate surface area is 129 Å². The van der Waals surface area contributed by atoms with Crippen LogP contribution in [0.5, 0.6) is 0 Å². The molecular weight excluding hydrogens is 243 g/mol. The molecule has 5 nitrogen and oxygen atoms in total. The molecule has 1 saturated carbocycles.